The van der Waals surface area contributed by atoms with Crippen molar-refractivity contribution in [2.75, 3.05) is 52.5 Å². The zero-order valence-electron chi connectivity index (χ0n) is 14.6. The van der Waals surface area contributed by atoms with E-state index < -0.39 is 0 Å². The monoisotopic (exact) mass is 332 g/mol. The summed E-state index contributed by atoms with van der Waals surface area (Å²) in [5.74, 6) is 1.57. The van der Waals surface area contributed by atoms with Crippen LogP contribution in [0.15, 0.2) is 24.3 Å². The van der Waals surface area contributed by atoms with Crippen LogP contribution in [0.3, 0.4) is 0 Å². The highest BCUT2D eigenvalue weighted by molar-refractivity contribution is 5.77. The van der Waals surface area contributed by atoms with Crippen LogP contribution >= 0.6 is 0 Å². The first kappa shape index (κ1) is 17.2. The summed E-state index contributed by atoms with van der Waals surface area (Å²) in [7, 11) is 0. The van der Waals surface area contributed by atoms with Crippen molar-refractivity contribution >= 4 is 5.91 Å². The molecule has 1 amide bonds. The highest BCUT2D eigenvalue weighted by Crippen LogP contribution is 2.19. The van der Waals surface area contributed by atoms with Crippen LogP contribution in [0.2, 0.25) is 0 Å². The van der Waals surface area contributed by atoms with Gasteiger partial charge in [0.1, 0.15) is 5.75 Å². The minimum Gasteiger partial charge on any atom is -0.484 e. The summed E-state index contributed by atoms with van der Waals surface area (Å²) in [5.41, 5.74) is 1.14. The van der Waals surface area contributed by atoms with Crippen LogP contribution < -0.4 is 4.74 Å². The molecule has 1 aromatic carbocycles. The maximum absolute atomic E-state index is 12.3. The van der Waals surface area contributed by atoms with Crippen LogP contribution in [0.5, 0.6) is 5.75 Å². The van der Waals surface area contributed by atoms with E-state index in [2.05, 4.69) is 4.90 Å². The molecular formula is C19H28N2O3. The second kappa shape index (κ2) is 8.49. The molecule has 0 saturated carbocycles. The van der Waals surface area contributed by atoms with Gasteiger partial charge in [-0.25, -0.2) is 0 Å². The number of amides is 1. The van der Waals surface area contributed by atoms with Crippen molar-refractivity contribution in [1.82, 2.24) is 9.80 Å². The van der Waals surface area contributed by atoms with E-state index in [0.29, 0.717) is 5.92 Å². The van der Waals surface area contributed by atoms with Crippen molar-refractivity contribution in [1.29, 1.82) is 0 Å². The molecule has 0 radical (unpaired) electrons. The number of carbonyl (C=O) groups excluding carboxylic acids is 1. The smallest absolute Gasteiger partial charge is 0.260 e. The highest BCUT2D eigenvalue weighted by atomic mass is 16.5. The minimum atomic E-state index is 0.0985. The molecule has 0 spiro atoms. The second-order valence-corrected chi connectivity index (χ2v) is 6.84. The van der Waals surface area contributed by atoms with Gasteiger partial charge in [-0.2, -0.15) is 0 Å². The lowest BCUT2D eigenvalue weighted by molar-refractivity contribution is -0.134. The zero-order chi connectivity index (χ0) is 16.8. The predicted molar refractivity (Wildman–Crippen MR) is 93.2 cm³/mol. The Hall–Kier alpha value is -1.59. The van der Waals surface area contributed by atoms with E-state index in [4.69, 9.17) is 9.47 Å². The first-order chi connectivity index (χ1) is 11.7. The molecule has 0 atom stereocenters. The third-order valence-corrected chi connectivity index (χ3v) is 4.94. The molecule has 0 N–H and O–H groups in total. The summed E-state index contributed by atoms with van der Waals surface area (Å²) in [4.78, 5) is 16.8. The van der Waals surface area contributed by atoms with Gasteiger partial charge in [0.05, 0.1) is 13.2 Å². The first-order valence-corrected chi connectivity index (χ1v) is 8.98. The standard InChI is InChI=1S/C19H28N2O3/c1-16-3-2-4-18(13-16)24-15-19(22)21-7-5-17(6-8-21)14-20-9-11-23-12-10-20/h2-4,13,17H,5-12,14-15H2,1H3. The molecule has 0 aromatic heterocycles. The molecular weight excluding hydrogens is 304 g/mol. The third kappa shape index (κ3) is 4.95. The lowest BCUT2D eigenvalue weighted by Gasteiger charge is -2.36. The fourth-order valence-corrected chi connectivity index (χ4v) is 3.46. The van der Waals surface area contributed by atoms with Crippen molar-refractivity contribution < 1.29 is 14.3 Å². The first-order valence-electron chi connectivity index (χ1n) is 8.98. The molecule has 2 aliphatic rings. The topological polar surface area (TPSA) is 42.0 Å². The van der Waals surface area contributed by atoms with Crippen molar-refractivity contribution in [3.63, 3.8) is 0 Å². The number of hydrogen-bond donors (Lipinski definition) is 0. The fraction of sp³-hybridized carbons (Fsp3) is 0.632. The Labute approximate surface area is 144 Å². The van der Waals surface area contributed by atoms with E-state index in [1.165, 1.54) is 0 Å². The molecule has 2 aliphatic heterocycles. The summed E-state index contributed by atoms with van der Waals surface area (Å²) in [6.07, 6.45) is 2.18. The number of likely N-dealkylation sites (tertiary alicyclic amines) is 1. The van der Waals surface area contributed by atoms with Crippen molar-refractivity contribution in [3.8, 4) is 5.75 Å². The molecule has 0 aliphatic carbocycles. The Balaban J connectivity index is 1.38. The van der Waals surface area contributed by atoms with Crippen LogP contribution in [0.1, 0.15) is 18.4 Å². The lowest BCUT2D eigenvalue weighted by Crippen LogP contribution is -2.45. The average Bonchev–Trinajstić information content (AvgIpc) is 2.61. The van der Waals surface area contributed by atoms with Crippen LogP contribution in [0.4, 0.5) is 0 Å². The number of piperidine rings is 1. The minimum absolute atomic E-state index is 0.0985. The molecule has 2 fully saturated rings. The zero-order valence-corrected chi connectivity index (χ0v) is 14.6. The van der Waals surface area contributed by atoms with E-state index in [1.807, 2.05) is 36.1 Å². The molecule has 132 valence electrons. The van der Waals surface area contributed by atoms with Crippen molar-refractivity contribution in [2.24, 2.45) is 5.92 Å². The number of nitrogens with zero attached hydrogens (tertiary/aromatic N) is 2. The summed E-state index contributed by atoms with van der Waals surface area (Å²) in [6, 6.07) is 7.83. The number of carbonyl (C=O) groups is 1. The average molecular weight is 332 g/mol. The van der Waals surface area contributed by atoms with Crippen LogP contribution in [-0.2, 0) is 9.53 Å². The predicted octanol–water partition coefficient (Wildman–Crippen LogP) is 1.94. The maximum atomic E-state index is 12.3. The molecule has 0 unspecified atom stereocenters. The molecule has 3 rings (SSSR count). The normalized spacial score (nSPS) is 20.1. The molecule has 5 heteroatoms. The van der Waals surface area contributed by atoms with Gasteiger partial charge in [-0.3, -0.25) is 9.69 Å². The van der Waals surface area contributed by atoms with Gasteiger partial charge in [0.25, 0.3) is 5.91 Å². The van der Waals surface area contributed by atoms with Gasteiger partial charge in [0, 0.05) is 32.7 Å². The van der Waals surface area contributed by atoms with Gasteiger partial charge in [-0.05, 0) is 43.4 Å². The number of benzene rings is 1. The van der Waals surface area contributed by atoms with Gasteiger partial charge in [-0.1, -0.05) is 12.1 Å². The third-order valence-electron chi connectivity index (χ3n) is 4.94. The van der Waals surface area contributed by atoms with E-state index in [-0.39, 0.29) is 12.5 Å². The highest BCUT2D eigenvalue weighted by Gasteiger charge is 2.25. The van der Waals surface area contributed by atoms with Gasteiger partial charge in [0.15, 0.2) is 6.61 Å². The molecule has 2 heterocycles. The number of ether oxygens (including phenoxy) is 2. The van der Waals surface area contributed by atoms with Gasteiger partial charge in [-0.15, -0.1) is 0 Å². The summed E-state index contributed by atoms with van der Waals surface area (Å²) < 4.78 is 11.0. The Morgan fingerprint density at radius 3 is 2.67 bits per heavy atom. The molecule has 1 aromatic rings. The van der Waals surface area contributed by atoms with Crippen molar-refractivity contribution in [3.05, 3.63) is 29.8 Å². The van der Waals surface area contributed by atoms with Crippen LogP contribution in [0, 0.1) is 12.8 Å². The maximum Gasteiger partial charge on any atom is 0.260 e. The number of rotatable bonds is 5. The number of morpholine rings is 1. The van der Waals surface area contributed by atoms with Crippen LogP contribution in [-0.4, -0.2) is 68.3 Å². The number of hydrogen-bond acceptors (Lipinski definition) is 4. The second-order valence-electron chi connectivity index (χ2n) is 6.84. The van der Waals surface area contributed by atoms with Crippen LogP contribution in [0.25, 0.3) is 0 Å². The van der Waals surface area contributed by atoms with E-state index in [0.717, 1.165) is 70.1 Å². The Kier molecular flexibility index (Phi) is 6.10. The molecule has 0 bridgehead atoms. The van der Waals surface area contributed by atoms with E-state index >= 15 is 0 Å². The fourth-order valence-electron chi connectivity index (χ4n) is 3.46. The summed E-state index contributed by atoms with van der Waals surface area (Å²) in [6.45, 7) is 8.81. The summed E-state index contributed by atoms with van der Waals surface area (Å²) in [5, 5.41) is 0. The molecule has 24 heavy (non-hydrogen) atoms. The Morgan fingerprint density at radius 1 is 1.21 bits per heavy atom. The van der Waals surface area contributed by atoms with Gasteiger partial charge >= 0.3 is 0 Å². The molecule has 2 saturated heterocycles. The Bertz CT molecular complexity index is 535. The quantitative estimate of drug-likeness (QED) is 0.826. The Morgan fingerprint density at radius 2 is 1.96 bits per heavy atom. The largest absolute Gasteiger partial charge is 0.484 e. The summed E-state index contributed by atoms with van der Waals surface area (Å²) >= 11 is 0. The van der Waals surface area contributed by atoms with E-state index in [1.54, 1.807) is 0 Å². The number of aryl methyl sites for hydroxylation is 1. The van der Waals surface area contributed by atoms with Gasteiger partial charge in [0.2, 0.25) is 0 Å². The molecule has 5 nitrogen and oxygen atoms in total. The van der Waals surface area contributed by atoms with Crippen molar-refractivity contribution in [2.45, 2.75) is 19.8 Å². The van der Waals surface area contributed by atoms with Gasteiger partial charge < -0.3 is 14.4 Å². The SMILES string of the molecule is Cc1cccc(OCC(=O)N2CCC(CN3CCOCC3)CC2)c1. The lowest BCUT2D eigenvalue weighted by atomic mass is 9.96. The van der Waals surface area contributed by atoms with E-state index in [9.17, 15) is 4.79 Å².